The normalized spacial score (nSPS) is 16.1. The van der Waals surface area contributed by atoms with E-state index in [2.05, 4.69) is 15.1 Å². The zero-order valence-corrected chi connectivity index (χ0v) is 23.0. The van der Waals surface area contributed by atoms with Gasteiger partial charge in [-0.1, -0.05) is 6.92 Å². The van der Waals surface area contributed by atoms with Gasteiger partial charge in [-0.05, 0) is 63.4 Å². The molecule has 0 unspecified atom stereocenters. The van der Waals surface area contributed by atoms with E-state index >= 15 is 0 Å². The number of non-ortho nitro benzene ring substituents is 1. The average molecular weight is 576 g/mol. The number of rotatable bonds is 11. The predicted molar refractivity (Wildman–Crippen MR) is 143 cm³/mol. The van der Waals surface area contributed by atoms with Gasteiger partial charge in [0, 0.05) is 36.9 Å². The van der Waals surface area contributed by atoms with Crippen LogP contribution in [0.3, 0.4) is 0 Å². The van der Waals surface area contributed by atoms with E-state index in [4.69, 9.17) is 9.47 Å². The number of sulfonamides is 1. The third kappa shape index (κ3) is 6.46. The van der Waals surface area contributed by atoms with Crippen molar-refractivity contribution >= 4 is 21.6 Å². The second-order valence-corrected chi connectivity index (χ2v) is 11.1. The maximum Gasteiger partial charge on any atom is 0.272 e. The predicted octanol–water partition coefficient (Wildman–Crippen LogP) is 4.01. The largest absolute Gasteiger partial charge is 0.437 e. The van der Waals surface area contributed by atoms with Crippen molar-refractivity contribution in [2.75, 3.05) is 13.2 Å². The van der Waals surface area contributed by atoms with Crippen molar-refractivity contribution in [2.24, 2.45) is 0 Å². The summed E-state index contributed by atoms with van der Waals surface area (Å²) in [6.07, 6.45) is 2.10. The smallest absolute Gasteiger partial charge is 0.272 e. The van der Waals surface area contributed by atoms with E-state index in [9.17, 15) is 27.7 Å². The van der Waals surface area contributed by atoms with E-state index in [0.717, 1.165) is 25.0 Å². The molecule has 1 fully saturated rings. The molecule has 14 heteroatoms. The van der Waals surface area contributed by atoms with Crippen LogP contribution < -0.4 is 14.8 Å². The van der Waals surface area contributed by atoms with Crippen LogP contribution in [0.5, 0.6) is 11.6 Å². The van der Waals surface area contributed by atoms with Crippen LogP contribution in [0, 0.1) is 22.9 Å². The minimum absolute atomic E-state index is 0.00127. The van der Waals surface area contributed by atoms with Crippen LogP contribution >= 0.6 is 0 Å². The molecule has 2 N–H and O–H groups in total. The molecule has 1 amide bonds. The number of amides is 1. The zero-order valence-electron chi connectivity index (χ0n) is 22.2. The standard InChI is InChI=1S/C26H30FN5O7S/c1-4-16(2)30-40(36,37)23-14-20(32(34)35)11-12-22(23)39-26-17(3)24(25(33)28-15-21-6-5-13-38-21)29-31(26)19-9-7-18(27)8-10-19/h7-12,14,16,21,30H,4-6,13,15H2,1-3H3,(H,28,33)/t16-,21-/m1/s1. The first-order valence-electron chi connectivity index (χ1n) is 12.7. The van der Waals surface area contributed by atoms with E-state index in [1.807, 2.05) is 0 Å². The van der Waals surface area contributed by atoms with Crippen molar-refractivity contribution in [2.45, 2.75) is 57.1 Å². The van der Waals surface area contributed by atoms with Gasteiger partial charge in [0.05, 0.1) is 16.7 Å². The lowest BCUT2D eigenvalue weighted by Gasteiger charge is -2.16. The molecule has 0 saturated carbocycles. The summed E-state index contributed by atoms with van der Waals surface area (Å²) >= 11 is 0. The van der Waals surface area contributed by atoms with Crippen molar-refractivity contribution < 1.29 is 32.0 Å². The van der Waals surface area contributed by atoms with E-state index in [1.165, 1.54) is 35.0 Å². The number of hydrogen-bond donors (Lipinski definition) is 2. The van der Waals surface area contributed by atoms with E-state index in [1.54, 1.807) is 20.8 Å². The molecule has 1 saturated heterocycles. The maximum absolute atomic E-state index is 13.7. The van der Waals surface area contributed by atoms with Gasteiger partial charge in [0.1, 0.15) is 16.5 Å². The van der Waals surface area contributed by atoms with Crippen LogP contribution in [0.2, 0.25) is 0 Å². The number of carbonyl (C=O) groups is 1. The lowest BCUT2D eigenvalue weighted by molar-refractivity contribution is -0.385. The van der Waals surface area contributed by atoms with Crippen molar-refractivity contribution in [3.63, 3.8) is 0 Å². The summed E-state index contributed by atoms with van der Waals surface area (Å²) in [5, 5.41) is 18.6. The summed E-state index contributed by atoms with van der Waals surface area (Å²) in [5.41, 5.74) is 0.156. The highest BCUT2D eigenvalue weighted by Gasteiger charge is 2.29. The average Bonchev–Trinajstić information content (AvgIpc) is 3.56. The second-order valence-electron chi connectivity index (χ2n) is 9.43. The Morgan fingerprint density at radius 1 is 1.30 bits per heavy atom. The number of nitro groups is 1. The molecule has 0 aliphatic carbocycles. The number of nitro benzene ring substituents is 1. The van der Waals surface area contributed by atoms with Crippen LogP contribution in [-0.2, 0) is 14.8 Å². The van der Waals surface area contributed by atoms with Crippen molar-refractivity contribution in [1.29, 1.82) is 0 Å². The number of hydrogen-bond acceptors (Lipinski definition) is 8. The Balaban J connectivity index is 1.78. The van der Waals surface area contributed by atoms with Crippen LogP contribution in [0.4, 0.5) is 10.1 Å². The molecule has 1 aliphatic heterocycles. The number of carbonyl (C=O) groups excluding carboxylic acids is 1. The van der Waals surface area contributed by atoms with Gasteiger partial charge in [0.25, 0.3) is 11.6 Å². The van der Waals surface area contributed by atoms with Crippen LogP contribution in [-0.4, -0.2) is 54.3 Å². The Hall–Kier alpha value is -3.88. The Morgan fingerprint density at radius 3 is 2.65 bits per heavy atom. The molecule has 0 bridgehead atoms. The molecule has 214 valence electrons. The molecule has 40 heavy (non-hydrogen) atoms. The highest BCUT2D eigenvalue weighted by Crippen LogP contribution is 2.36. The zero-order chi connectivity index (χ0) is 29.0. The number of nitrogens with zero attached hydrogens (tertiary/aromatic N) is 3. The molecule has 0 spiro atoms. The summed E-state index contributed by atoms with van der Waals surface area (Å²) in [4.78, 5) is 23.4. The van der Waals surface area contributed by atoms with Gasteiger partial charge in [-0.2, -0.15) is 9.78 Å². The third-order valence-electron chi connectivity index (χ3n) is 6.47. The Bertz CT molecular complexity index is 1500. The highest BCUT2D eigenvalue weighted by molar-refractivity contribution is 7.89. The highest BCUT2D eigenvalue weighted by atomic mass is 32.2. The topological polar surface area (TPSA) is 155 Å². The van der Waals surface area contributed by atoms with Gasteiger partial charge in [0.2, 0.25) is 15.9 Å². The molecular formula is C26H30FN5O7S. The SMILES string of the molecule is CC[C@@H](C)NS(=O)(=O)c1cc([N+](=O)[O-])ccc1Oc1c(C)c(C(=O)NC[C@H]2CCCO2)nn1-c1ccc(F)cc1. The molecule has 2 heterocycles. The first kappa shape index (κ1) is 29.1. The summed E-state index contributed by atoms with van der Waals surface area (Å²) in [7, 11) is -4.25. The van der Waals surface area contributed by atoms with Crippen LogP contribution in [0.15, 0.2) is 47.4 Å². The van der Waals surface area contributed by atoms with Crippen molar-refractivity contribution in [3.05, 3.63) is 69.7 Å². The number of benzene rings is 2. The Labute approximate surface area is 230 Å². The molecule has 12 nitrogen and oxygen atoms in total. The molecule has 4 rings (SSSR count). The maximum atomic E-state index is 13.7. The number of nitrogens with one attached hydrogen (secondary N) is 2. The Kier molecular flexibility index (Phi) is 8.81. The Morgan fingerprint density at radius 2 is 2.02 bits per heavy atom. The van der Waals surface area contributed by atoms with Crippen molar-refractivity contribution in [3.8, 4) is 17.3 Å². The van der Waals surface area contributed by atoms with Gasteiger partial charge < -0.3 is 14.8 Å². The summed E-state index contributed by atoms with van der Waals surface area (Å²) in [6.45, 7) is 5.92. The quantitative estimate of drug-likeness (QED) is 0.257. The summed E-state index contributed by atoms with van der Waals surface area (Å²) in [5.74, 6) is -1.25. The lowest BCUT2D eigenvalue weighted by Crippen LogP contribution is -2.32. The van der Waals surface area contributed by atoms with Crippen LogP contribution in [0.1, 0.15) is 49.2 Å². The number of aromatic nitrogens is 2. The molecular weight excluding hydrogens is 545 g/mol. The first-order chi connectivity index (χ1) is 19.0. The van der Waals surface area contributed by atoms with Crippen molar-refractivity contribution in [1.82, 2.24) is 19.8 Å². The van der Waals surface area contributed by atoms with Gasteiger partial charge >= 0.3 is 0 Å². The number of halogens is 1. The van der Waals surface area contributed by atoms with Gasteiger partial charge in [-0.25, -0.2) is 17.5 Å². The fourth-order valence-electron chi connectivity index (χ4n) is 4.09. The van der Waals surface area contributed by atoms with Crippen LogP contribution in [0.25, 0.3) is 5.69 Å². The van der Waals surface area contributed by atoms with E-state index in [-0.39, 0.29) is 35.5 Å². The second kappa shape index (κ2) is 12.1. The lowest BCUT2D eigenvalue weighted by atomic mass is 10.2. The molecule has 3 aromatic rings. The fraction of sp³-hybridized carbons (Fsp3) is 0.385. The molecule has 1 aromatic heterocycles. The molecule has 0 radical (unpaired) electrons. The molecule has 1 aliphatic rings. The van der Waals surface area contributed by atoms with E-state index in [0.29, 0.717) is 18.7 Å². The van der Waals surface area contributed by atoms with Gasteiger partial charge in [-0.15, -0.1) is 0 Å². The first-order valence-corrected chi connectivity index (χ1v) is 14.2. The number of ether oxygens (including phenoxy) is 2. The van der Waals surface area contributed by atoms with E-state index < -0.39 is 43.3 Å². The minimum atomic E-state index is -4.25. The minimum Gasteiger partial charge on any atom is -0.437 e. The monoisotopic (exact) mass is 575 g/mol. The fourth-order valence-corrected chi connectivity index (χ4v) is 5.56. The van der Waals surface area contributed by atoms with Gasteiger partial charge in [-0.3, -0.25) is 14.9 Å². The summed E-state index contributed by atoms with van der Waals surface area (Å²) < 4.78 is 55.5. The molecule has 2 aromatic carbocycles. The third-order valence-corrected chi connectivity index (χ3v) is 8.08. The summed E-state index contributed by atoms with van der Waals surface area (Å²) in [6, 6.07) is 7.96. The molecule has 2 atom stereocenters. The van der Waals surface area contributed by atoms with Gasteiger partial charge in [0.15, 0.2) is 5.69 Å².